The third-order valence-electron chi connectivity index (χ3n) is 7.03. The minimum atomic E-state index is -5.08. The molecule has 0 bridgehead atoms. The molecule has 1 amide bonds. The van der Waals surface area contributed by atoms with Crippen molar-refractivity contribution < 1.29 is 53.8 Å². The molecule has 5 rings (SSSR count). The van der Waals surface area contributed by atoms with Gasteiger partial charge < -0.3 is 5.11 Å². The number of nitrogens with zero attached hydrogens (tertiary/aromatic N) is 3. The number of halogens is 8. The highest BCUT2D eigenvalue weighted by atomic mass is 35.5. The molecular formula is C26H24ClF7N4O5S. The van der Waals surface area contributed by atoms with Crippen molar-refractivity contribution in [2.75, 3.05) is 13.1 Å². The van der Waals surface area contributed by atoms with Gasteiger partial charge in [-0.1, -0.05) is 11.6 Å². The molecule has 1 atom stereocenters. The van der Waals surface area contributed by atoms with Gasteiger partial charge >= 0.3 is 18.3 Å². The lowest BCUT2D eigenvalue weighted by Crippen LogP contribution is -2.33. The van der Waals surface area contributed by atoms with Crippen LogP contribution in [-0.4, -0.2) is 64.6 Å². The number of alkyl halides is 6. The zero-order chi connectivity index (χ0) is 32.8. The van der Waals surface area contributed by atoms with Gasteiger partial charge in [-0.05, 0) is 56.0 Å². The lowest BCUT2D eigenvalue weighted by molar-refractivity contribution is -0.192. The number of carboxylic acids is 1. The normalized spacial score (nSPS) is 17.8. The minimum absolute atomic E-state index is 0.0399. The summed E-state index contributed by atoms with van der Waals surface area (Å²) in [4.78, 5) is 23.3. The second kappa shape index (κ2) is 12.2. The van der Waals surface area contributed by atoms with Gasteiger partial charge in [0.05, 0.1) is 33.6 Å². The van der Waals surface area contributed by atoms with Crippen LogP contribution in [0.2, 0.25) is 5.02 Å². The molecule has 1 aliphatic heterocycles. The molecular weight excluding hydrogens is 649 g/mol. The second-order valence-corrected chi connectivity index (χ2v) is 12.7. The van der Waals surface area contributed by atoms with E-state index in [9.17, 15) is 43.9 Å². The monoisotopic (exact) mass is 672 g/mol. The summed E-state index contributed by atoms with van der Waals surface area (Å²) in [6.45, 7) is 2.60. The summed E-state index contributed by atoms with van der Waals surface area (Å²) in [6, 6.07) is 5.70. The summed E-state index contributed by atoms with van der Waals surface area (Å²) in [6.07, 6.45) is -8.10. The SMILES string of the molecule is Cc1nn([C@@H]2CCN(Cc3cc(Cl)ccc3C(F)(F)F)C2)c2cc(F)c(C(=O)NS(=O)(=O)C3CC3)cc12.O=C(O)C(F)(F)F. The quantitative estimate of drug-likeness (QED) is 0.334. The summed E-state index contributed by atoms with van der Waals surface area (Å²) in [5.74, 6) is -4.68. The Kier molecular flexibility index (Phi) is 9.24. The van der Waals surface area contributed by atoms with Crippen molar-refractivity contribution >= 4 is 44.4 Å². The molecule has 1 saturated carbocycles. The smallest absolute Gasteiger partial charge is 0.475 e. The fourth-order valence-corrected chi connectivity index (χ4v) is 6.26. The molecule has 0 radical (unpaired) electrons. The van der Waals surface area contributed by atoms with Gasteiger partial charge in [0, 0.05) is 36.1 Å². The Bertz CT molecular complexity index is 1710. The Morgan fingerprint density at radius 3 is 2.30 bits per heavy atom. The Hall–Kier alpha value is -3.44. The van der Waals surface area contributed by atoms with Gasteiger partial charge in [-0.25, -0.2) is 22.3 Å². The maximum atomic E-state index is 15.0. The van der Waals surface area contributed by atoms with E-state index in [4.69, 9.17) is 21.5 Å². The Labute approximate surface area is 250 Å². The topological polar surface area (TPSA) is 122 Å². The van der Waals surface area contributed by atoms with E-state index in [0.29, 0.717) is 48.9 Å². The first kappa shape index (κ1) is 33.5. The summed E-state index contributed by atoms with van der Waals surface area (Å²) in [5.41, 5.74) is -0.126. The molecule has 2 heterocycles. The molecule has 2 fully saturated rings. The molecule has 2 N–H and O–H groups in total. The molecule has 0 spiro atoms. The van der Waals surface area contributed by atoms with E-state index in [1.807, 2.05) is 9.62 Å². The number of nitrogens with one attached hydrogen (secondary N) is 1. The van der Waals surface area contributed by atoms with Crippen LogP contribution in [0.1, 0.15) is 52.5 Å². The van der Waals surface area contributed by atoms with Crippen LogP contribution in [0.5, 0.6) is 0 Å². The number of benzene rings is 2. The van der Waals surface area contributed by atoms with Crippen LogP contribution in [0.4, 0.5) is 30.7 Å². The number of likely N-dealkylation sites (tertiary alicyclic amines) is 1. The molecule has 2 aliphatic rings. The van der Waals surface area contributed by atoms with Crippen molar-refractivity contribution in [3.8, 4) is 0 Å². The molecule has 3 aromatic rings. The molecule has 0 unspecified atom stereocenters. The van der Waals surface area contributed by atoms with E-state index in [-0.39, 0.29) is 23.2 Å². The van der Waals surface area contributed by atoms with E-state index in [2.05, 4.69) is 5.10 Å². The Morgan fingerprint density at radius 1 is 1.09 bits per heavy atom. The van der Waals surface area contributed by atoms with E-state index < -0.39 is 56.4 Å². The highest BCUT2D eigenvalue weighted by Gasteiger charge is 2.39. The lowest BCUT2D eigenvalue weighted by Gasteiger charge is -2.20. The van der Waals surface area contributed by atoms with Gasteiger partial charge in [-0.2, -0.15) is 31.4 Å². The minimum Gasteiger partial charge on any atom is -0.475 e. The van der Waals surface area contributed by atoms with Crippen LogP contribution in [0.3, 0.4) is 0 Å². The van der Waals surface area contributed by atoms with E-state index >= 15 is 0 Å². The van der Waals surface area contributed by atoms with Crippen molar-refractivity contribution in [3.05, 3.63) is 63.6 Å². The molecule has 1 aromatic heterocycles. The number of rotatable bonds is 6. The highest BCUT2D eigenvalue weighted by molar-refractivity contribution is 7.91. The summed E-state index contributed by atoms with van der Waals surface area (Å²) < 4.78 is 115. The number of carboxylic acid groups (broad SMARTS) is 1. The number of hydrogen-bond donors (Lipinski definition) is 2. The molecule has 1 saturated heterocycles. The number of aliphatic carboxylic acids is 1. The van der Waals surface area contributed by atoms with Crippen molar-refractivity contribution in [1.29, 1.82) is 0 Å². The molecule has 2 aromatic carbocycles. The maximum absolute atomic E-state index is 15.0. The largest absolute Gasteiger partial charge is 0.490 e. The predicted molar refractivity (Wildman–Crippen MR) is 143 cm³/mol. The zero-order valence-electron chi connectivity index (χ0n) is 22.6. The second-order valence-electron chi connectivity index (χ2n) is 10.3. The van der Waals surface area contributed by atoms with E-state index in [1.165, 1.54) is 18.2 Å². The number of hydrogen-bond acceptors (Lipinski definition) is 6. The Balaban J connectivity index is 0.000000566. The summed E-state index contributed by atoms with van der Waals surface area (Å²) in [5, 5.41) is 11.7. The van der Waals surface area contributed by atoms with Gasteiger partial charge in [0.25, 0.3) is 5.91 Å². The van der Waals surface area contributed by atoms with Crippen LogP contribution >= 0.6 is 11.6 Å². The summed E-state index contributed by atoms with van der Waals surface area (Å²) in [7, 11) is -3.84. The molecule has 240 valence electrons. The van der Waals surface area contributed by atoms with Gasteiger partial charge in [-0.3, -0.25) is 14.4 Å². The number of amides is 1. The van der Waals surface area contributed by atoms with Crippen molar-refractivity contribution in [1.82, 2.24) is 19.4 Å². The van der Waals surface area contributed by atoms with Crippen LogP contribution in [0.15, 0.2) is 30.3 Å². The van der Waals surface area contributed by atoms with Crippen LogP contribution < -0.4 is 4.72 Å². The van der Waals surface area contributed by atoms with Crippen LogP contribution in [0.25, 0.3) is 10.9 Å². The predicted octanol–water partition coefficient (Wildman–Crippen LogP) is 5.46. The molecule has 18 heteroatoms. The molecule has 44 heavy (non-hydrogen) atoms. The zero-order valence-corrected chi connectivity index (χ0v) is 24.2. The Morgan fingerprint density at radius 2 is 1.73 bits per heavy atom. The fourth-order valence-electron chi connectivity index (χ4n) is 4.78. The van der Waals surface area contributed by atoms with Gasteiger partial charge in [-0.15, -0.1) is 0 Å². The first-order valence-corrected chi connectivity index (χ1v) is 14.8. The lowest BCUT2D eigenvalue weighted by atomic mass is 10.1. The average Bonchev–Trinajstić information content (AvgIpc) is 3.59. The third-order valence-corrected chi connectivity index (χ3v) is 9.08. The van der Waals surface area contributed by atoms with Gasteiger partial charge in [0.2, 0.25) is 10.0 Å². The average molecular weight is 673 g/mol. The first-order chi connectivity index (χ1) is 20.3. The number of carbonyl (C=O) groups is 2. The number of fused-ring (bicyclic) bond motifs is 1. The molecule has 9 nitrogen and oxygen atoms in total. The fraction of sp³-hybridized carbons (Fsp3) is 0.423. The highest BCUT2D eigenvalue weighted by Crippen LogP contribution is 2.36. The number of carbonyl (C=O) groups excluding carboxylic acids is 1. The van der Waals surface area contributed by atoms with Crippen molar-refractivity contribution in [3.63, 3.8) is 0 Å². The number of aromatic nitrogens is 2. The van der Waals surface area contributed by atoms with Crippen molar-refractivity contribution in [2.45, 2.75) is 56.4 Å². The van der Waals surface area contributed by atoms with Gasteiger partial charge in [0.15, 0.2) is 0 Å². The van der Waals surface area contributed by atoms with E-state index in [0.717, 1.165) is 12.1 Å². The first-order valence-electron chi connectivity index (χ1n) is 12.9. The van der Waals surface area contributed by atoms with Crippen LogP contribution in [0, 0.1) is 12.7 Å². The van der Waals surface area contributed by atoms with E-state index in [1.54, 1.807) is 11.6 Å². The summed E-state index contributed by atoms with van der Waals surface area (Å²) >= 11 is 5.95. The van der Waals surface area contributed by atoms with Gasteiger partial charge in [0.1, 0.15) is 5.82 Å². The number of aryl methyl sites for hydroxylation is 1. The standard InChI is InChI=1S/C24H23ClF4N4O3S.C2HF3O2/c1-13-18-9-19(23(34)31-37(35,36)17-3-4-17)21(26)10-22(18)33(30-13)16-6-7-32(12-16)11-14-8-15(25)2-5-20(14)24(27,28)29;3-2(4,5)1(6)7/h2,5,8-10,16-17H,3-4,6-7,11-12H2,1H3,(H,31,34);(H,6,7)/t16-;/m1./s1. The number of sulfonamides is 1. The van der Waals surface area contributed by atoms with Crippen molar-refractivity contribution in [2.24, 2.45) is 0 Å². The van der Waals surface area contributed by atoms with Crippen LogP contribution in [-0.2, 0) is 27.5 Å². The third kappa shape index (κ3) is 7.61. The maximum Gasteiger partial charge on any atom is 0.490 e. The molecule has 1 aliphatic carbocycles.